The quantitative estimate of drug-likeness (QED) is 0.433. The van der Waals surface area contributed by atoms with Gasteiger partial charge >= 0.3 is 18.4 Å². The molecule has 25 heavy (non-hydrogen) atoms. The highest BCUT2D eigenvalue weighted by Crippen LogP contribution is 2.45. The van der Waals surface area contributed by atoms with Crippen LogP contribution in [-0.2, 0) is 0 Å². The van der Waals surface area contributed by atoms with Crippen LogP contribution in [0.25, 0.3) is 0 Å². The normalized spacial score (nSPS) is 12.4. The van der Waals surface area contributed by atoms with Crippen LogP contribution in [0.4, 0.5) is 31.1 Å². The van der Waals surface area contributed by atoms with E-state index < -0.39 is 36.3 Å². The second kappa shape index (κ2) is 7.24. The maximum absolute atomic E-state index is 12.9. The van der Waals surface area contributed by atoms with E-state index in [2.05, 4.69) is 0 Å². The molecule has 0 aliphatic heterocycles. The lowest BCUT2D eigenvalue weighted by molar-refractivity contribution is -0.304. The molecular weight excluding hydrogens is 355 g/mol. The summed E-state index contributed by atoms with van der Waals surface area (Å²) >= 11 is 0. The number of nitrogens with one attached hydrogen (secondary N) is 3. The van der Waals surface area contributed by atoms with Crippen molar-refractivity contribution in [3.05, 3.63) is 29.8 Å². The zero-order valence-corrected chi connectivity index (χ0v) is 12.7. The topological polar surface area (TPSA) is 70.2 Å². The summed E-state index contributed by atoms with van der Waals surface area (Å²) in [7, 11) is 5.39. The number of rotatable bonds is 3. The summed E-state index contributed by atoms with van der Waals surface area (Å²) in [6, 6.07) is 3.28. The van der Waals surface area contributed by atoms with E-state index in [0.717, 1.165) is 5.32 Å². The van der Waals surface area contributed by atoms with Gasteiger partial charge in [-0.2, -0.15) is 26.3 Å². The van der Waals surface area contributed by atoms with Crippen LogP contribution in [-0.4, -0.2) is 37.7 Å². The van der Waals surface area contributed by atoms with Crippen molar-refractivity contribution in [1.82, 2.24) is 16.2 Å². The summed E-state index contributed by atoms with van der Waals surface area (Å²) in [6.45, 7) is 0.619. The number of halogens is 6. The van der Waals surface area contributed by atoms with Crippen molar-refractivity contribution in [2.24, 2.45) is 0 Å². The predicted molar refractivity (Wildman–Crippen MR) is 76.1 cm³/mol. The van der Waals surface area contributed by atoms with Crippen molar-refractivity contribution in [2.75, 3.05) is 0 Å². The fraction of sp³-hybridized carbons (Fsp3) is 0.385. The number of urea groups is 1. The van der Waals surface area contributed by atoms with E-state index in [9.17, 15) is 35.9 Å². The molecule has 0 spiro atoms. The Morgan fingerprint density at radius 1 is 0.960 bits per heavy atom. The van der Waals surface area contributed by atoms with Crippen molar-refractivity contribution in [3.8, 4) is 0 Å². The minimum atomic E-state index is -5.79. The average molecular weight is 367 g/mol. The van der Waals surface area contributed by atoms with Crippen LogP contribution in [0, 0.1) is 0 Å². The highest BCUT2D eigenvalue weighted by molar-refractivity contribution is 6.32. The number of amides is 3. The number of alkyl halides is 6. The fourth-order valence-electron chi connectivity index (χ4n) is 1.84. The summed E-state index contributed by atoms with van der Waals surface area (Å²) in [5.74, 6) is -0.962. The molecule has 0 fully saturated rings. The van der Waals surface area contributed by atoms with Crippen LogP contribution >= 0.6 is 0 Å². The Morgan fingerprint density at radius 3 is 1.84 bits per heavy atom. The molecule has 0 unspecified atom stereocenters. The van der Waals surface area contributed by atoms with Gasteiger partial charge in [0.05, 0.1) is 0 Å². The lowest BCUT2D eigenvalue weighted by Gasteiger charge is -2.36. The largest absolute Gasteiger partial charge is 0.420 e. The Balaban J connectivity index is 2.82. The monoisotopic (exact) mass is 367 g/mol. The minimum absolute atomic E-state index is 0.0251. The Labute approximate surface area is 139 Å². The van der Waals surface area contributed by atoms with Gasteiger partial charge in [0.1, 0.15) is 7.85 Å². The van der Waals surface area contributed by atoms with Crippen molar-refractivity contribution in [2.45, 2.75) is 31.2 Å². The lowest BCUT2D eigenvalue weighted by Crippen LogP contribution is -2.69. The molecule has 0 atom stereocenters. The van der Waals surface area contributed by atoms with Crippen LogP contribution in [0.1, 0.15) is 23.7 Å². The fourth-order valence-corrected chi connectivity index (χ4v) is 1.84. The molecule has 0 saturated carbocycles. The first-order valence-corrected chi connectivity index (χ1v) is 6.71. The molecule has 136 valence electrons. The molecule has 1 aromatic carbocycles. The van der Waals surface area contributed by atoms with Gasteiger partial charge in [-0.15, -0.1) is 0 Å². The maximum atomic E-state index is 12.9. The molecule has 0 aliphatic rings. The smallest absolute Gasteiger partial charge is 0.315 e. The van der Waals surface area contributed by atoms with E-state index in [1.807, 2.05) is 0 Å². The number of hydrogen-bond acceptors (Lipinski definition) is 2. The van der Waals surface area contributed by atoms with E-state index in [1.165, 1.54) is 29.7 Å². The van der Waals surface area contributed by atoms with Crippen molar-refractivity contribution in [1.29, 1.82) is 0 Å². The first-order valence-electron chi connectivity index (χ1n) is 6.71. The Hall–Kier alpha value is -2.40. The van der Waals surface area contributed by atoms with E-state index in [-0.39, 0.29) is 5.56 Å². The summed E-state index contributed by atoms with van der Waals surface area (Å²) in [6.07, 6.45) is -13.1. The summed E-state index contributed by atoms with van der Waals surface area (Å²) in [5, 5.41) is 0.841. The number of carbonyl (C=O) groups excluding carboxylic acids is 2. The molecule has 3 amide bonds. The molecule has 0 aromatic heterocycles. The predicted octanol–water partition coefficient (Wildman–Crippen LogP) is 1.70. The molecule has 2 radical (unpaired) electrons. The minimum Gasteiger partial charge on any atom is -0.315 e. The molecule has 0 bridgehead atoms. The second-order valence-corrected chi connectivity index (χ2v) is 4.91. The molecule has 12 heteroatoms. The third kappa shape index (κ3) is 4.57. The molecule has 3 N–H and O–H groups in total. The standard InChI is InChI=1S/C13H12BF6N3O2/c1-2-11(12(15,16)17,13(18,19)20)21-10(25)23-22-9(24)7-3-5-8(14)6-4-7/h3-6H,2H2,1H3,(H,22,24)(H2,21,23,25). The first kappa shape index (κ1) is 20.6. The van der Waals surface area contributed by atoms with Gasteiger partial charge in [0.25, 0.3) is 5.91 Å². The number of carbonyl (C=O) groups is 2. The Bertz CT molecular complexity index is 616. The lowest BCUT2D eigenvalue weighted by atomic mass is 9.94. The SMILES string of the molecule is [B]c1ccc(C(=O)NNC(=O)NC(CC)(C(F)(F)F)C(F)(F)F)cc1. The van der Waals surface area contributed by atoms with Crippen LogP contribution in [0.3, 0.4) is 0 Å². The van der Waals surface area contributed by atoms with Crippen LogP contribution in [0.2, 0.25) is 0 Å². The van der Waals surface area contributed by atoms with Gasteiger partial charge in [-0.25, -0.2) is 10.2 Å². The third-order valence-electron chi connectivity index (χ3n) is 3.29. The van der Waals surface area contributed by atoms with Gasteiger partial charge in [-0.1, -0.05) is 24.5 Å². The summed E-state index contributed by atoms with van der Waals surface area (Å²) in [5.41, 5.74) is -1.01. The van der Waals surface area contributed by atoms with Gasteiger partial charge < -0.3 is 5.32 Å². The molecule has 0 aliphatic carbocycles. The molecule has 1 rings (SSSR count). The van der Waals surface area contributed by atoms with Crippen molar-refractivity contribution >= 4 is 25.2 Å². The number of benzene rings is 1. The van der Waals surface area contributed by atoms with Gasteiger partial charge in [-0.05, 0) is 18.6 Å². The van der Waals surface area contributed by atoms with Crippen LogP contribution in [0.15, 0.2) is 24.3 Å². The van der Waals surface area contributed by atoms with Gasteiger partial charge in [-0.3, -0.25) is 10.2 Å². The average Bonchev–Trinajstić information content (AvgIpc) is 2.48. The zero-order valence-electron chi connectivity index (χ0n) is 12.7. The zero-order chi connectivity index (χ0) is 19.5. The Morgan fingerprint density at radius 2 is 1.44 bits per heavy atom. The summed E-state index contributed by atoms with van der Waals surface area (Å²) < 4.78 is 77.2. The van der Waals surface area contributed by atoms with Gasteiger partial charge in [0.15, 0.2) is 0 Å². The first-order chi connectivity index (χ1) is 11.3. The molecule has 5 nitrogen and oxygen atoms in total. The van der Waals surface area contributed by atoms with Gasteiger partial charge in [0.2, 0.25) is 5.54 Å². The van der Waals surface area contributed by atoms with E-state index in [4.69, 9.17) is 7.85 Å². The molecule has 0 heterocycles. The number of hydrazine groups is 1. The van der Waals surface area contributed by atoms with Crippen molar-refractivity contribution in [3.63, 3.8) is 0 Å². The van der Waals surface area contributed by atoms with Gasteiger partial charge in [0, 0.05) is 5.56 Å². The maximum Gasteiger partial charge on any atom is 0.420 e. The molecular formula is C13H12BF6N3O2. The van der Waals surface area contributed by atoms with E-state index in [0.29, 0.717) is 12.4 Å². The number of hydrogen-bond donors (Lipinski definition) is 3. The molecule has 0 saturated heterocycles. The van der Waals surface area contributed by atoms with E-state index >= 15 is 0 Å². The molecule has 1 aromatic rings. The highest BCUT2D eigenvalue weighted by Gasteiger charge is 2.70. The Kier molecular flexibility index (Phi) is 5.98. The van der Waals surface area contributed by atoms with Crippen molar-refractivity contribution < 1.29 is 35.9 Å². The van der Waals surface area contributed by atoms with E-state index in [1.54, 1.807) is 5.43 Å². The van der Waals surface area contributed by atoms with Crippen LogP contribution < -0.4 is 21.6 Å². The third-order valence-corrected chi connectivity index (χ3v) is 3.29. The second-order valence-electron chi connectivity index (χ2n) is 4.91. The summed E-state index contributed by atoms with van der Waals surface area (Å²) in [4.78, 5) is 23.1. The highest BCUT2D eigenvalue weighted by atomic mass is 19.4. The van der Waals surface area contributed by atoms with Crippen LogP contribution in [0.5, 0.6) is 0 Å².